The maximum Gasteiger partial charge on any atom is 0.416 e. The number of anilines is 1. The average Bonchev–Trinajstić information content (AvgIpc) is 3.26. The molecule has 1 fully saturated rings. The van der Waals surface area contributed by atoms with Crippen molar-refractivity contribution >= 4 is 22.6 Å². The Morgan fingerprint density at radius 2 is 2.00 bits per heavy atom. The number of alkyl halides is 3. The molecule has 0 bridgehead atoms. The van der Waals surface area contributed by atoms with Crippen LogP contribution in [0, 0.1) is 13.8 Å². The van der Waals surface area contributed by atoms with Crippen molar-refractivity contribution in [2.24, 2.45) is 0 Å². The number of nitrogens with one attached hydrogen (secondary N) is 2. The molecule has 0 atom stereocenters. The molecule has 30 heavy (non-hydrogen) atoms. The van der Waals surface area contributed by atoms with Crippen LogP contribution < -0.4 is 5.32 Å². The third-order valence-electron chi connectivity index (χ3n) is 5.46. The number of carbonyl (C=O) groups excluding carboxylic acids is 1. The number of aryl methyl sites for hydroxylation is 2. The van der Waals surface area contributed by atoms with Gasteiger partial charge >= 0.3 is 6.18 Å². The van der Waals surface area contributed by atoms with E-state index in [9.17, 15) is 18.0 Å². The third kappa shape index (κ3) is 4.02. The summed E-state index contributed by atoms with van der Waals surface area (Å²) >= 11 is 0. The van der Waals surface area contributed by atoms with Crippen molar-refractivity contribution in [3.8, 4) is 0 Å². The molecule has 1 amide bonds. The van der Waals surface area contributed by atoms with Crippen molar-refractivity contribution in [1.29, 1.82) is 0 Å². The number of likely N-dealkylation sites (tertiary alicyclic amines) is 1. The molecule has 1 aliphatic rings. The molecule has 3 aromatic rings. The van der Waals surface area contributed by atoms with E-state index < -0.39 is 11.7 Å². The van der Waals surface area contributed by atoms with Gasteiger partial charge in [0.25, 0.3) is 0 Å². The van der Waals surface area contributed by atoms with E-state index in [0.717, 1.165) is 36.4 Å². The van der Waals surface area contributed by atoms with Crippen molar-refractivity contribution in [1.82, 2.24) is 30.1 Å². The number of nitrogens with zero attached hydrogens (tertiary/aromatic N) is 5. The van der Waals surface area contributed by atoms with Crippen LogP contribution >= 0.6 is 0 Å². The molecule has 0 radical (unpaired) electrons. The van der Waals surface area contributed by atoms with Crippen LogP contribution in [-0.4, -0.2) is 55.6 Å². The average molecular weight is 421 g/mol. The van der Waals surface area contributed by atoms with E-state index in [0.29, 0.717) is 24.3 Å². The Morgan fingerprint density at radius 3 is 2.63 bits per heavy atom. The summed E-state index contributed by atoms with van der Waals surface area (Å²) < 4.78 is 40.4. The number of benzene rings is 1. The Hall–Kier alpha value is -2.95. The highest BCUT2D eigenvalue weighted by molar-refractivity contribution is 5.93. The summed E-state index contributed by atoms with van der Waals surface area (Å²) in [4.78, 5) is 14.4. The molecule has 1 aromatic carbocycles. The second-order valence-electron chi connectivity index (χ2n) is 7.60. The molecule has 8 nitrogen and oxygen atoms in total. The molecule has 0 saturated carbocycles. The van der Waals surface area contributed by atoms with Crippen molar-refractivity contribution in [2.45, 2.75) is 38.9 Å². The summed E-state index contributed by atoms with van der Waals surface area (Å²) in [5, 5.41) is 17.8. The lowest BCUT2D eigenvalue weighted by Gasteiger charge is -2.31. The lowest BCUT2D eigenvalue weighted by atomic mass is 10.0. The van der Waals surface area contributed by atoms with E-state index in [1.807, 2.05) is 13.8 Å². The van der Waals surface area contributed by atoms with E-state index in [4.69, 9.17) is 0 Å². The van der Waals surface area contributed by atoms with E-state index >= 15 is 0 Å². The zero-order chi connectivity index (χ0) is 21.5. The molecule has 4 rings (SSSR count). The SMILES string of the molecule is Cc1n[nH]c(C)c1NC(=O)CN1CCC(n2nnc3cc(C(F)(F)F)ccc32)CC1. The van der Waals surface area contributed by atoms with Crippen LogP contribution in [0.2, 0.25) is 0 Å². The molecule has 2 aromatic heterocycles. The third-order valence-corrected chi connectivity index (χ3v) is 5.46. The molecule has 3 heterocycles. The molecular formula is C19H22F3N7O. The van der Waals surface area contributed by atoms with Gasteiger partial charge in [0, 0.05) is 13.1 Å². The van der Waals surface area contributed by atoms with Gasteiger partial charge < -0.3 is 5.32 Å². The Bertz CT molecular complexity index is 1040. The van der Waals surface area contributed by atoms with E-state index in [-0.39, 0.29) is 24.0 Å². The number of carbonyl (C=O) groups is 1. The predicted molar refractivity (Wildman–Crippen MR) is 104 cm³/mol. The second-order valence-corrected chi connectivity index (χ2v) is 7.60. The topological polar surface area (TPSA) is 91.7 Å². The summed E-state index contributed by atoms with van der Waals surface area (Å²) in [6.45, 7) is 5.31. The van der Waals surface area contributed by atoms with Crippen molar-refractivity contribution < 1.29 is 18.0 Å². The van der Waals surface area contributed by atoms with Gasteiger partial charge in [-0.05, 0) is 44.9 Å². The largest absolute Gasteiger partial charge is 0.416 e. The maximum atomic E-state index is 12.9. The van der Waals surface area contributed by atoms with Gasteiger partial charge in [-0.2, -0.15) is 18.3 Å². The van der Waals surface area contributed by atoms with E-state index in [1.54, 1.807) is 4.68 Å². The van der Waals surface area contributed by atoms with Gasteiger partial charge in [0.15, 0.2) is 0 Å². The number of aromatic nitrogens is 5. The Balaban J connectivity index is 1.37. The summed E-state index contributed by atoms with van der Waals surface area (Å²) in [5.74, 6) is -0.105. The van der Waals surface area contributed by atoms with Gasteiger partial charge in [-0.25, -0.2) is 4.68 Å². The predicted octanol–water partition coefficient (Wildman–Crippen LogP) is 3.07. The highest BCUT2D eigenvalue weighted by Crippen LogP contribution is 2.32. The molecule has 11 heteroatoms. The molecule has 1 saturated heterocycles. The van der Waals surface area contributed by atoms with Crippen molar-refractivity contribution in [3.63, 3.8) is 0 Å². The number of hydrogen-bond acceptors (Lipinski definition) is 5. The van der Waals surface area contributed by atoms with E-state index in [2.05, 4.69) is 30.7 Å². The van der Waals surface area contributed by atoms with Crippen LogP contribution in [-0.2, 0) is 11.0 Å². The zero-order valence-corrected chi connectivity index (χ0v) is 16.6. The number of fused-ring (bicyclic) bond motifs is 1. The van der Waals surface area contributed by atoms with Crippen LogP contribution in [0.4, 0.5) is 18.9 Å². The van der Waals surface area contributed by atoms with Gasteiger partial charge in [-0.15, -0.1) is 5.10 Å². The Labute approximate surface area is 170 Å². The zero-order valence-electron chi connectivity index (χ0n) is 16.6. The highest BCUT2D eigenvalue weighted by Gasteiger charge is 2.31. The monoisotopic (exact) mass is 421 g/mol. The van der Waals surface area contributed by atoms with Gasteiger partial charge in [0.1, 0.15) is 5.52 Å². The van der Waals surface area contributed by atoms with Gasteiger partial charge in [0.2, 0.25) is 5.91 Å². The number of rotatable bonds is 4. The number of aromatic amines is 1. The summed E-state index contributed by atoms with van der Waals surface area (Å²) in [6, 6.07) is 3.54. The van der Waals surface area contributed by atoms with Crippen LogP contribution in [0.5, 0.6) is 0 Å². The minimum atomic E-state index is -4.41. The summed E-state index contributed by atoms with van der Waals surface area (Å²) in [7, 11) is 0. The first kappa shape index (κ1) is 20.3. The number of H-pyrrole nitrogens is 1. The Morgan fingerprint density at radius 1 is 1.27 bits per heavy atom. The number of piperidine rings is 1. The van der Waals surface area contributed by atoms with Crippen LogP contribution in [0.1, 0.15) is 35.8 Å². The minimum absolute atomic E-state index is 0.0319. The molecule has 0 aliphatic carbocycles. The standard InChI is InChI=1S/C19H22F3N7O/c1-11-18(12(2)25-24-11)23-17(30)10-28-7-5-14(6-8-28)29-16-4-3-13(19(20,21)22)9-15(16)26-27-29/h3-4,9,14H,5-8,10H2,1-2H3,(H,23,30)(H,24,25). The normalized spacial score (nSPS) is 16.3. The van der Waals surface area contributed by atoms with Gasteiger partial charge in [-0.3, -0.25) is 14.8 Å². The first-order chi connectivity index (χ1) is 14.2. The number of halogens is 3. The van der Waals surface area contributed by atoms with Crippen LogP contribution in [0.3, 0.4) is 0 Å². The van der Waals surface area contributed by atoms with E-state index in [1.165, 1.54) is 6.07 Å². The molecule has 160 valence electrons. The fraction of sp³-hybridized carbons (Fsp3) is 0.474. The first-order valence-electron chi connectivity index (χ1n) is 9.68. The molecule has 0 unspecified atom stereocenters. The lowest BCUT2D eigenvalue weighted by molar-refractivity contribution is -0.137. The smallest absolute Gasteiger partial charge is 0.322 e. The van der Waals surface area contributed by atoms with Crippen molar-refractivity contribution in [2.75, 3.05) is 25.0 Å². The second kappa shape index (κ2) is 7.71. The minimum Gasteiger partial charge on any atom is -0.322 e. The van der Waals surface area contributed by atoms with Crippen LogP contribution in [0.25, 0.3) is 11.0 Å². The maximum absolute atomic E-state index is 12.9. The summed E-state index contributed by atoms with van der Waals surface area (Å²) in [5.41, 5.74) is 2.35. The fourth-order valence-corrected chi connectivity index (χ4v) is 3.83. The number of hydrogen-bond donors (Lipinski definition) is 2. The quantitative estimate of drug-likeness (QED) is 0.676. The highest BCUT2D eigenvalue weighted by atomic mass is 19.4. The molecule has 1 aliphatic heterocycles. The Kier molecular flexibility index (Phi) is 5.22. The van der Waals surface area contributed by atoms with Crippen molar-refractivity contribution in [3.05, 3.63) is 35.2 Å². The van der Waals surface area contributed by atoms with Gasteiger partial charge in [0.05, 0.1) is 40.7 Å². The van der Waals surface area contributed by atoms with Crippen LogP contribution in [0.15, 0.2) is 18.2 Å². The summed E-state index contributed by atoms with van der Waals surface area (Å²) in [6.07, 6.45) is -2.94. The first-order valence-corrected chi connectivity index (χ1v) is 9.68. The molecular weight excluding hydrogens is 399 g/mol. The molecule has 2 N–H and O–H groups in total. The fourth-order valence-electron chi connectivity index (χ4n) is 3.83. The number of amides is 1. The molecule has 0 spiro atoms. The lowest BCUT2D eigenvalue weighted by Crippen LogP contribution is -2.40. The van der Waals surface area contributed by atoms with Gasteiger partial charge in [-0.1, -0.05) is 5.21 Å².